The zero-order chi connectivity index (χ0) is 14.3. The molecule has 0 radical (unpaired) electrons. The van der Waals surface area contributed by atoms with Gasteiger partial charge in [-0.1, -0.05) is 12.2 Å². The predicted molar refractivity (Wildman–Crippen MR) is 78.8 cm³/mol. The fourth-order valence-electron chi connectivity index (χ4n) is 1.49. The van der Waals surface area contributed by atoms with Gasteiger partial charge < -0.3 is 20.5 Å². The van der Waals surface area contributed by atoms with Crippen LogP contribution in [0.4, 0.5) is 5.69 Å². The Morgan fingerprint density at radius 1 is 1.26 bits per heavy atom. The minimum absolute atomic E-state index is 0.0204. The van der Waals surface area contributed by atoms with E-state index in [4.69, 9.17) is 15.2 Å². The van der Waals surface area contributed by atoms with Gasteiger partial charge in [-0.3, -0.25) is 4.79 Å². The standard InChI is InChI=1S/C13H18N2O3S/c1-3-17-10-6-5-9(7-11(10)18-4-2)15-13(16)8-12(14)19/h5-7H,3-4,8H2,1-2H3,(H2,14,19)(H,15,16). The van der Waals surface area contributed by atoms with Crippen molar-refractivity contribution in [1.29, 1.82) is 0 Å². The number of anilines is 1. The van der Waals surface area contributed by atoms with Crippen molar-refractivity contribution in [3.63, 3.8) is 0 Å². The topological polar surface area (TPSA) is 73.6 Å². The van der Waals surface area contributed by atoms with Crippen molar-refractivity contribution in [3.8, 4) is 11.5 Å². The van der Waals surface area contributed by atoms with E-state index in [0.29, 0.717) is 30.4 Å². The van der Waals surface area contributed by atoms with Gasteiger partial charge in [0.25, 0.3) is 0 Å². The highest BCUT2D eigenvalue weighted by Gasteiger charge is 2.09. The Hall–Kier alpha value is -1.82. The van der Waals surface area contributed by atoms with Gasteiger partial charge in [0.2, 0.25) is 5.91 Å². The Morgan fingerprint density at radius 3 is 2.47 bits per heavy atom. The van der Waals surface area contributed by atoms with Crippen molar-refractivity contribution in [2.45, 2.75) is 20.3 Å². The third kappa shape index (κ3) is 5.13. The molecule has 5 nitrogen and oxygen atoms in total. The first-order valence-corrected chi connectivity index (χ1v) is 6.45. The molecule has 0 aliphatic heterocycles. The van der Waals surface area contributed by atoms with Gasteiger partial charge >= 0.3 is 0 Å². The fourth-order valence-corrected chi connectivity index (χ4v) is 1.62. The maximum Gasteiger partial charge on any atom is 0.231 e. The number of thiocarbonyl (C=S) groups is 1. The van der Waals surface area contributed by atoms with Crippen molar-refractivity contribution < 1.29 is 14.3 Å². The lowest BCUT2D eigenvalue weighted by Crippen LogP contribution is -2.20. The first-order valence-electron chi connectivity index (χ1n) is 6.04. The molecule has 0 spiro atoms. The van der Waals surface area contributed by atoms with Crippen LogP contribution < -0.4 is 20.5 Å². The van der Waals surface area contributed by atoms with Gasteiger partial charge in [0.05, 0.1) is 24.6 Å². The monoisotopic (exact) mass is 282 g/mol. The number of nitrogens with one attached hydrogen (secondary N) is 1. The molecule has 0 heterocycles. The Morgan fingerprint density at radius 2 is 1.89 bits per heavy atom. The summed E-state index contributed by atoms with van der Waals surface area (Å²) >= 11 is 4.68. The van der Waals surface area contributed by atoms with Crippen molar-refractivity contribution in [3.05, 3.63) is 18.2 Å². The molecule has 1 aromatic rings. The normalized spacial score (nSPS) is 9.79. The van der Waals surface area contributed by atoms with E-state index in [1.54, 1.807) is 18.2 Å². The Balaban J connectivity index is 2.82. The second kappa shape index (κ2) is 7.58. The molecular formula is C13H18N2O3S. The van der Waals surface area contributed by atoms with Crippen LogP contribution in [0.1, 0.15) is 20.3 Å². The Kier molecular flexibility index (Phi) is 6.08. The molecule has 0 aliphatic rings. The molecule has 0 saturated heterocycles. The lowest BCUT2D eigenvalue weighted by atomic mass is 10.2. The van der Waals surface area contributed by atoms with E-state index in [1.807, 2.05) is 13.8 Å². The summed E-state index contributed by atoms with van der Waals surface area (Å²) in [5.74, 6) is 0.994. The number of carbonyl (C=O) groups excluding carboxylic acids is 1. The maximum absolute atomic E-state index is 11.6. The molecule has 1 amide bonds. The minimum Gasteiger partial charge on any atom is -0.490 e. The highest BCUT2D eigenvalue weighted by Crippen LogP contribution is 2.30. The summed E-state index contributed by atoms with van der Waals surface area (Å²) in [6.07, 6.45) is 0.0204. The molecule has 0 atom stereocenters. The summed E-state index contributed by atoms with van der Waals surface area (Å²) in [5.41, 5.74) is 5.93. The van der Waals surface area contributed by atoms with Crippen LogP contribution in [-0.4, -0.2) is 24.1 Å². The summed E-state index contributed by atoms with van der Waals surface area (Å²) in [4.78, 5) is 11.7. The van der Waals surface area contributed by atoms with E-state index in [2.05, 4.69) is 17.5 Å². The van der Waals surface area contributed by atoms with Crippen LogP contribution >= 0.6 is 12.2 Å². The molecule has 0 unspecified atom stereocenters. The quantitative estimate of drug-likeness (QED) is 0.749. The van der Waals surface area contributed by atoms with Crippen molar-refractivity contribution in [2.24, 2.45) is 5.73 Å². The molecule has 0 aromatic heterocycles. The third-order valence-electron chi connectivity index (χ3n) is 2.16. The predicted octanol–water partition coefficient (Wildman–Crippen LogP) is 2.10. The van der Waals surface area contributed by atoms with Crippen LogP contribution in [0.25, 0.3) is 0 Å². The van der Waals surface area contributed by atoms with Gasteiger partial charge in [-0.2, -0.15) is 0 Å². The molecular weight excluding hydrogens is 264 g/mol. The number of amides is 1. The van der Waals surface area contributed by atoms with E-state index in [0.717, 1.165) is 0 Å². The number of ether oxygens (including phenoxy) is 2. The summed E-state index contributed by atoms with van der Waals surface area (Å²) in [7, 11) is 0. The average molecular weight is 282 g/mol. The number of hydrogen-bond donors (Lipinski definition) is 2. The van der Waals surface area contributed by atoms with Crippen molar-refractivity contribution in [2.75, 3.05) is 18.5 Å². The molecule has 0 saturated carbocycles. The summed E-state index contributed by atoms with van der Waals surface area (Å²) in [5, 5.41) is 2.70. The van der Waals surface area contributed by atoms with Gasteiger partial charge in [0.15, 0.2) is 11.5 Å². The number of carbonyl (C=O) groups is 1. The Labute approximate surface area is 118 Å². The number of benzene rings is 1. The van der Waals surface area contributed by atoms with E-state index < -0.39 is 0 Å². The molecule has 0 fully saturated rings. The molecule has 1 rings (SSSR count). The molecule has 3 N–H and O–H groups in total. The zero-order valence-corrected chi connectivity index (χ0v) is 11.9. The molecule has 0 aliphatic carbocycles. The van der Waals surface area contributed by atoms with Gasteiger partial charge in [-0.15, -0.1) is 0 Å². The molecule has 1 aromatic carbocycles. The maximum atomic E-state index is 11.6. The number of nitrogens with two attached hydrogens (primary N) is 1. The first-order chi connectivity index (χ1) is 9.06. The van der Waals surface area contributed by atoms with Crippen LogP contribution in [0.5, 0.6) is 11.5 Å². The van der Waals surface area contributed by atoms with E-state index in [9.17, 15) is 4.79 Å². The van der Waals surface area contributed by atoms with Crippen molar-refractivity contribution >= 4 is 28.8 Å². The van der Waals surface area contributed by atoms with Gasteiger partial charge in [-0.25, -0.2) is 0 Å². The SMILES string of the molecule is CCOc1ccc(NC(=O)CC(N)=S)cc1OCC. The number of rotatable bonds is 7. The highest BCUT2D eigenvalue weighted by molar-refractivity contribution is 7.80. The van der Waals surface area contributed by atoms with Crippen LogP contribution in [0, 0.1) is 0 Å². The molecule has 0 bridgehead atoms. The van der Waals surface area contributed by atoms with E-state index in [-0.39, 0.29) is 17.3 Å². The summed E-state index contributed by atoms with van der Waals surface area (Å²) in [6.45, 7) is 4.85. The molecule has 19 heavy (non-hydrogen) atoms. The lowest BCUT2D eigenvalue weighted by Gasteiger charge is -2.12. The van der Waals surface area contributed by atoms with Gasteiger partial charge in [0.1, 0.15) is 0 Å². The highest BCUT2D eigenvalue weighted by atomic mass is 32.1. The summed E-state index contributed by atoms with van der Waals surface area (Å²) in [6, 6.07) is 5.21. The zero-order valence-electron chi connectivity index (χ0n) is 11.1. The lowest BCUT2D eigenvalue weighted by molar-refractivity contribution is -0.115. The van der Waals surface area contributed by atoms with Crippen LogP contribution in [0.3, 0.4) is 0 Å². The van der Waals surface area contributed by atoms with Crippen molar-refractivity contribution in [1.82, 2.24) is 0 Å². The number of hydrogen-bond acceptors (Lipinski definition) is 4. The van der Waals surface area contributed by atoms with Gasteiger partial charge in [0, 0.05) is 11.8 Å². The molecule has 104 valence electrons. The van der Waals surface area contributed by atoms with E-state index >= 15 is 0 Å². The minimum atomic E-state index is -0.251. The largest absolute Gasteiger partial charge is 0.490 e. The second-order valence-electron chi connectivity index (χ2n) is 3.72. The van der Waals surface area contributed by atoms with E-state index in [1.165, 1.54) is 0 Å². The Bertz CT molecular complexity index is 463. The third-order valence-corrected chi connectivity index (χ3v) is 2.31. The fraction of sp³-hybridized carbons (Fsp3) is 0.385. The average Bonchev–Trinajstić information content (AvgIpc) is 2.32. The van der Waals surface area contributed by atoms with Crippen LogP contribution in [0.2, 0.25) is 0 Å². The smallest absolute Gasteiger partial charge is 0.231 e. The van der Waals surface area contributed by atoms with Crippen LogP contribution in [0.15, 0.2) is 18.2 Å². The molecule has 6 heteroatoms. The van der Waals surface area contributed by atoms with Gasteiger partial charge in [-0.05, 0) is 26.0 Å². The first kappa shape index (κ1) is 15.2. The van der Waals surface area contributed by atoms with Crippen LogP contribution in [-0.2, 0) is 4.79 Å². The second-order valence-corrected chi connectivity index (χ2v) is 4.24. The summed E-state index contributed by atoms with van der Waals surface area (Å²) < 4.78 is 10.9.